The fourth-order valence-electron chi connectivity index (χ4n) is 2.86. The van der Waals surface area contributed by atoms with Crippen LogP contribution in [0.25, 0.3) is 0 Å². The molecule has 0 bridgehead atoms. The fraction of sp³-hybridized carbons (Fsp3) is 0.429. The quantitative estimate of drug-likeness (QED) is 0.284. The zero-order valence-corrected chi connectivity index (χ0v) is 15.2. The summed E-state index contributed by atoms with van der Waals surface area (Å²) in [5.74, 6) is 0.324. The van der Waals surface area contributed by atoms with Gasteiger partial charge in [0.25, 0.3) is 0 Å². The second-order valence-electron chi connectivity index (χ2n) is 6.25. The van der Waals surface area contributed by atoms with Gasteiger partial charge < -0.3 is 9.47 Å². The zero-order valence-electron chi connectivity index (χ0n) is 15.2. The van der Waals surface area contributed by atoms with E-state index in [4.69, 9.17) is 9.47 Å². The van der Waals surface area contributed by atoms with Crippen LogP contribution in [0.2, 0.25) is 0 Å². The van der Waals surface area contributed by atoms with Crippen molar-refractivity contribution in [1.82, 2.24) is 0 Å². The molecule has 134 valence electrons. The SMILES string of the molecule is CCCCCCC1OC(=O)C(C)=C1/C=C/C(=O)c1ccc(OC)cc1. The first-order chi connectivity index (χ1) is 12.1. The number of methoxy groups -OCH3 is 1. The van der Waals surface area contributed by atoms with Gasteiger partial charge in [0, 0.05) is 16.7 Å². The van der Waals surface area contributed by atoms with Gasteiger partial charge in [-0.15, -0.1) is 0 Å². The maximum absolute atomic E-state index is 12.3. The van der Waals surface area contributed by atoms with Gasteiger partial charge in [0.15, 0.2) is 5.78 Å². The summed E-state index contributed by atoms with van der Waals surface area (Å²) in [4.78, 5) is 24.2. The van der Waals surface area contributed by atoms with Crippen LogP contribution in [-0.4, -0.2) is 25.0 Å². The molecule has 4 nitrogen and oxygen atoms in total. The zero-order chi connectivity index (χ0) is 18.2. The number of allylic oxidation sites excluding steroid dienone is 1. The highest BCUT2D eigenvalue weighted by Gasteiger charge is 2.29. The lowest BCUT2D eigenvalue weighted by atomic mass is 9.99. The van der Waals surface area contributed by atoms with Crippen molar-refractivity contribution in [2.75, 3.05) is 7.11 Å². The summed E-state index contributed by atoms with van der Waals surface area (Å²) in [6.45, 7) is 3.92. The van der Waals surface area contributed by atoms with Crippen LogP contribution < -0.4 is 4.74 Å². The summed E-state index contributed by atoms with van der Waals surface area (Å²) in [5, 5.41) is 0. The number of hydrogen-bond donors (Lipinski definition) is 0. The molecule has 1 heterocycles. The van der Waals surface area contributed by atoms with E-state index in [1.807, 2.05) is 0 Å². The van der Waals surface area contributed by atoms with Gasteiger partial charge in [-0.3, -0.25) is 4.79 Å². The molecule has 1 atom stereocenters. The number of hydrogen-bond acceptors (Lipinski definition) is 4. The maximum atomic E-state index is 12.3. The van der Waals surface area contributed by atoms with Crippen molar-refractivity contribution >= 4 is 11.8 Å². The lowest BCUT2D eigenvalue weighted by Crippen LogP contribution is -2.11. The first-order valence-corrected chi connectivity index (χ1v) is 8.85. The van der Waals surface area contributed by atoms with E-state index in [-0.39, 0.29) is 17.9 Å². The molecule has 1 aromatic rings. The first-order valence-electron chi connectivity index (χ1n) is 8.85. The second kappa shape index (κ2) is 9.21. The third-order valence-electron chi connectivity index (χ3n) is 4.44. The van der Waals surface area contributed by atoms with Crippen LogP contribution in [0, 0.1) is 0 Å². The van der Waals surface area contributed by atoms with Crippen molar-refractivity contribution < 1.29 is 19.1 Å². The van der Waals surface area contributed by atoms with E-state index in [1.54, 1.807) is 44.4 Å². The van der Waals surface area contributed by atoms with E-state index >= 15 is 0 Å². The molecule has 1 unspecified atom stereocenters. The summed E-state index contributed by atoms with van der Waals surface area (Å²) in [7, 11) is 1.59. The molecule has 1 aliphatic rings. The Bertz CT molecular complexity index is 668. The van der Waals surface area contributed by atoms with Crippen molar-refractivity contribution in [2.24, 2.45) is 0 Å². The van der Waals surface area contributed by atoms with E-state index in [0.717, 1.165) is 24.8 Å². The predicted molar refractivity (Wildman–Crippen MR) is 97.8 cm³/mol. The Kier molecular flexibility index (Phi) is 6.99. The molecular formula is C21H26O4. The van der Waals surface area contributed by atoms with Crippen LogP contribution >= 0.6 is 0 Å². The average Bonchev–Trinajstić information content (AvgIpc) is 2.90. The number of ketones is 1. The molecule has 0 aliphatic carbocycles. The summed E-state index contributed by atoms with van der Waals surface area (Å²) in [6, 6.07) is 6.96. The van der Waals surface area contributed by atoms with Gasteiger partial charge in [0.1, 0.15) is 11.9 Å². The topological polar surface area (TPSA) is 52.6 Å². The minimum absolute atomic E-state index is 0.105. The molecule has 0 aromatic heterocycles. The van der Waals surface area contributed by atoms with Crippen molar-refractivity contribution in [1.29, 1.82) is 0 Å². The molecule has 0 amide bonds. The van der Waals surface area contributed by atoms with Gasteiger partial charge in [-0.25, -0.2) is 4.79 Å². The van der Waals surface area contributed by atoms with Crippen LogP contribution in [-0.2, 0) is 9.53 Å². The molecule has 0 saturated heterocycles. The van der Waals surface area contributed by atoms with Gasteiger partial charge in [-0.05, 0) is 50.1 Å². The Labute approximate surface area is 149 Å². The number of cyclic esters (lactones) is 1. The minimum Gasteiger partial charge on any atom is -0.497 e. The van der Waals surface area contributed by atoms with Crippen molar-refractivity contribution in [3.8, 4) is 5.75 Å². The molecule has 1 aliphatic heterocycles. The molecule has 4 heteroatoms. The second-order valence-corrected chi connectivity index (χ2v) is 6.25. The molecule has 0 saturated carbocycles. The van der Waals surface area contributed by atoms with Crippen molar-refractivity contribution in [3.05, 3.63) is 53.1 Å². The third-order valence-corrected chi connectivity index (χ3v) is 4.44. The van der Waals surface area contributed by atoms with E-state index < -0.39 is 0 Å². The predicted octanol–water partition coefficient (Wildman–Crippen LogP) is 4.65. The van der Waals surface area contributed by atoms with Crippen LogP contribution in [0.15, 0.2) is 47.6 Å². The summed E-state index contributed by atoms with van der Waals surface area (Å²) >= 11 is 0. The van der Waals surface area contributed by atoms with Crippen LogP contribution in [0.5, 0.6) is 5.75 Å². The smallest absolute Gasteiger partial charge is 0.334 e. The lowest BCUT2D eigenvalue weighted by molar-refractivity contribution is -0.139. The molecule has 0 fully saturated rings. The number of carbonyl (C=O) groups excluding carboxylic acids is 2. The number of rotatable bonds is 9. The van der Waals surface area contributed by atoms with Crippen molar-refractivity contribution in [2.45, 2.75) is 52.1 Å². The van der Waals surface area contributed by atoms with Crippen molar-refractivity contribution in [3.63, 3.8) is 0 Å². The third kappa shape index (κ3) is 5.05. The van der Waals surface area contributed by atoms with Gasteiger partial charge in [0.05, 0.1) is 7.11 Å². The fourth-order valence-corrected chi connectivity index (χ4v) is 2.86. The highest BCUT2D eigenvalue weighted by atomic mass is 16.5. The molecule has 0 spiro atoms. The largest absolute Gasteiger partial charge is 0.497 e. The van der Waals surface area contributed by atoms with E-state index in [9.17, 15) is 9.59 Å². The number of carbonyl (C=O) groups is 2. The Balaban J connectivity index is 2.04. The van der Waals surface area contributed by atoms with E-state index in [0.29, 0.717) is 16.9 Å². The Morgan fingerprint density at radius 2 is 1.92 bits per heavy atom. The summed E-state index contributed by atoms with van der Waals surface area (Å²) in [6.07, 6.45) is 8.32. The average molecular weight is 342 g/mol. The minimum atomic E-state index is -0.281. The van der Waals surface area contributed by atoms with Gasteiger partial charge >= 0.3 is 5.97 Å². The van der Waals surface area contributed by atoms with Gasteiger partial charge in [-0.1, -0.05) is 32.3 Å². The standard InChI is InChI=1S/C21H26O4/c1-4-5-6-7-8-20-18(15(2)21(23)25-20)13-14-19(22)16-9-11-17(24-3)12-10-16/h9-14,20H,4-8H2,1-3H3/b14-13+. The molecule has 25 heavy (non-hydrogen) atoms. The van der Waals surface area contributed by atoms with Crippen LogP contribution in [0.1, 0.15) is 56.3 Å². The van der Waals surface area contributed by atoms with E-state index in [2.05, 4.69) is 6.92 Å². The molecule has 1 aromatic carbocycles. The van der Waals surface area contributed by atoms with Gasteiger partial charge in [0.2, 0.25) is 0 Å². The number of esters is 1. The normalized spacial score (nSPS) is 17.2. The highest BCUT2D eigenvalue weighted by molar-refractivity contribution is 6.05. The monoisotopic (exact) mass is 342 g/mol. The molecule has 0 N–H and O–H groups in total. The lowest BCUT2D eigenvalue weighted by Gasteiger charge is -2.11. The summed E-state index contributed by atoms with van der Waals surface area (Å²) in [5.41, 5.74) is 2.00. The molecular weight excluding hydrogens is 316 g/mol. The van der Waals surface area contributed by atoms with Crippen LogP contribution in [0.4, 0.5) is 0 Å². The Morgan fingerprint density at radius 1 is 1.20 bits per heavy atom. The first kappa shape index (κ1) is 19.0. The Hall–Kier alpha value is -2.36. The molecule has 0 radical (unpaired) electrons. The van der Waals surface area contributed by atoms with Gasteiger partial charge in [-0.2, -0.15) is 0 Å². The Morgan fingerprint density at radius 3 is 2.56 bits per heavy atom. The molecule has 2 rings (SSSR count). The summed E-state index contributed by atoms with van der Waals surface area (Å²) < 4.78 is 10.5. The number of unbranched alkanes of at least 4 members (excludes halogenated alkanes) is 3. The maximum Gasteiger partial charge on any atom is 0.334 e. The number of ether oxygens (including phenoxy) is 2. The van der Waals surface area contributed by atoms with Crippen LogP contribution in [0.3, 0.4) is 0 Å². The number of benzene rings is 1. The van der Waals surface area contributed by atoms with E-state index in [1.165, 1.54) is 18.9 Å². The highest BCUT2D eigenvalue weighted by Crippen LogP contribution is 2.27.